The van der Waals surface area contributed by atoms with Crippen LogP contribution in [0, 0.1) is 0 Å². The van der Waals surface area contributed by atoms with E-state index < -0.39 is 20.2 Å². The van der Waals surface area contributed by atoms with E-state index in [0.717, 1.165) is 25.7 Å². The molecule has 0 heterocycles. The van der Waals surface area contributed by atoms with E-state index >= 15 is 0 Å². The Balaban J connectivity index is 0.00000253. The monoisotopic (exact) mass is 594 g/mol. The molecule has 0 amide bonds. The van der Waals surface area contributed by atoms with E-state index in [0.29, 0.717) is 33.7 Å². The van der Waals surface area contributed by atoms with Crippen molar-refractivity contribution in [1.29, 1.82) is 0 Å². The van der Waals surface area contributed by atoms with Crippen molar-refractivity contribution >= 4 is 66.3 Å². The summed E-state index contributed by atoms with van der Waals surface area (Å²) >= 11 is 10.4. The molecule has 0 spiro atoms. The van der Waals surface area contributed by atoms with Gasteiger partial charge in [-0.3, -0.25) is 9.11 Å². The average Bonchev–Trinajstić information content (AvgIpc) is 3.69. The van der Waals surface area contributed by atoms with E-state index in [1.807, 2.05) is 0 Å². The van der Waals surface area contributed by atoms with Gasteiger partial charge >= 0.3 is 29.6 Å². The third kappa shape index (κ3) is 9.11. The zero-order valence-electron chi connectivity index (χ0n) is 21.0. The van der Waals surface area contributed by atoms with E-state index in [2.05, 4.69) is 21.3 Å². The number of nitrogens with one attached hydrogen (secondary N) is 4. The number of aryl methyl sites for hydroxylation is 2. The summed E-state index contributed by atoms with van der Waals surface area (Å²) < 4.78 is 67.8. The molecule has 15 heteroatoms. The van der Waals surface area contributed by atoms with Crippen molar-refractivity contribution in [1.82, 2.24) is 10.6 Å². The maximum atomic E-state index is 12.1. The van der Waals surface area contributed by atoms with Crippen LogP contribution in [0.25, 0.3) is 0 Å². The second kappa shape index (κ2) is 12.2. The van der Waals surface area contributed by atoms with E-state index in [1.165, 1.54) is 24.3 Å². The first-order valence-electron chi connectivity index (χ1n) is 11.2. The fourth-order valence-electron chi connectivity index (χ4n) is 3.59. The summed E-state index contributed by atoms with van der Waals surface area (Å²) in [4.78, 5) is -0.630. The maximum Gasteiger partial charge on any atom is 1.00 e. The first-order chi connectivity index (χ1) is 16.9. The van der Waals surface area contributed by atoms with Gasteiger partial charge in [-0.15, -0.1) is 0 Å². The number of hydrogen-bond acceptors (Lipinski definition) is 6. The van der Waals surface area contributed by atoms with Crippen molar-refractivity contribution in [2.45, 2.75) is 60.4 Å². The van der Waals surface area contributed by atoms with Crippen molar-refractivity contribution < 1.29 is 56.9 Å². The predicted octanol–water partition coefficient (Wildman–Crippen LogP) is -0.0207. The van der Waals surface area contributed by atoms with Crippen LogP contribution in [0.5, 0.6) is 0 Å². The number of rotatable bonds is 9. The molecule has 0 aromatic heterocycles. The average molecular weight is 595 g/mol. The smallest absolute Gasteiger partial charge is 1.00 e. The Hall–Kier alpha value is -1.36. The van der Waals surface area contributed by atoms with Crippen LogP contribution in [-0.2, 0) is 33.1 Å². The Morgan fingerprint density at radius 3 is 1.41 bits per heavy atom. The zero-order valence-corrected chi connectivity index (χ0v) is 25.3. The molecule has 2 aliphatic carbocycles. The van der Waals surface area contributed by atoms with Gasteiger partial charge in [-0.25, -0.2) is 0 Å². The van der Waals surface area contributed by atoms with Crippen LogP contribution in [0.15, 0.2) is 46.2 Å². The van der Waals surface area contributed by atoms with E-state index in [4.69, 9.17) is 24.4 Å². The summed E-state index contributed by atoms with van der Waals surface area (Å²) in [5, 5.41) is 12.7. The quantitative estimate of drug-likeness (QED) is 0.131. The van der Waals surface area contributed by atoms with Crippen LogP contribution in [0.2, 0.25) is 0 Å². The Morgan fingerprint density at radius 2 is 1.11 bits per heavy atom. The molecule has 2 aromatic rings. The molecule has 2 saturated carbocycles. The van der Waals surface area contributed by atoms with Gasteiger partial charge in [0.25, 0.3) is 20.2 Å². The Kier molecular flexibility index (Phi) is 9.97. The first-order valence-corrected chi connectivity index (χ1v) is 14.9. The van der Waals surface area contributed by atoms with Crippen molar-refractivity contribution in [3.05, 3.63) is 47.5 Å². The van der Waals surface area contributed by atoms with Gasteiger partial charge < -0.3 is 22.7 Å². The Labute approximate surface area is 250 Å². The molecule has 4 rings (SSSR count). The molecular weight excluding hydrogens is 568 g/mol. The van der Waals surface area contributed by atoms with E-state index in [-0.39, 0.29) is 64.7 Å². The molecule has 10 nitrogen and oxygen atoms in total. The SMILES string of the molecule is O=S(=O)(O)c1cc(NC(=S)NC2CC2)ccc1CCc1ccc(NC(=S)NC2CC2)cc1S(=O)(=O)O.[H-].[Na+]. The molecule has 0 unspecified atom stereocenters. The maximum absolute atomic E-state index is 12.1. The van der Waals surface area contributed by atoms with E-state index in [1.54, 1.807) is 12.1 Å². The molecule has 2 aromatic carbocycles. The summed E-state index contributed by atoms with van der Waals surface area (Å²) in [6.45, 7) is 0. The second-order valence-electron chi connectivity index (χ2n) is 8.84. The van der Waals surface area contributed by atoms with Gasteiger partial charge in [0.2, 0.25) is 0 Å². The Morgan fingerprint density at radius 1 is 0.757 bits per heavy atom. The molecule has 0 bridgehead atoms. The molecular formula is C22H27N4NaO6S4. The molecule has 0 saturated heterocycles. The Bertz CT molecular complexity index is 1310. The van der Waals surface area contributed by atoms with Crippen LogP contribution >= 0.6 is 24.4 Å². The van der Waals surface area contributed by atoms with Crippen molar-refractivity contribution in [2.75, 3.05) is 10.6 Å². The minimum atomic E-state index is -4.57. The summed E-state index contributed by atoms with van der Waals surface area (Å²) in [6, 6.07) is 9.46. The van der Waals surface area contributed by atoms with Gasteiger partial charge in [-0.2, -0.15) is 16.8 Å². The third-order valence-corrected chi connectivity index (χ3v) is 8.01. The van der Waals surface area contributed by atoms with Gasteiger partial charge in [0.1, 0.15) is 0 Å². The normalized spacial score (nSPS) is 15.3. The van der Waals surface area contributed by atoms with Crippen molar-refractivity contribution in [3.8, 4) is 0 Å². The van der Waals surface area contributed by atoms with Gasteiger partial charge in [0.15, 0.2) is 10.2 Å². The number of anilines is 2. The molecule has 196 valence electrons. The summed E-state index contributed by atoms with van der Waals surface area (Å²) in [5.41, 5.74) is 1.33. The fourth-order valence-corrected chi connectivity index (χ4v) is 5.71. The number of benzene rings is 2. The predicted molar refractivity (Wildman–Crippen MR) is 146 cm³/mol. The fraction of sp³-hybridized carbons (Fsp3) is 0.364. The second-order valence-corrected chi connectivity index (χ2v) is 12.4. The van der Waals surface area contributed by atoms with E-state index in [9.17, 15) is 25.9 Å². The number of hydrogen-bond donors (Lipinski definition) is 6. The summed E-state index contributed by atoms with van der Waals surface area (Å²) in [7, 11) is -9.15. The molecule has 2 fully saturated rings. The van der Waals surface area contributed by atoms with Crippen molar-refractivity contribution in [3.63, 3.8) is 0 Å². The topological polar surface area (TPSA) is 157 Å². The standard InChI is InChI=1S/C22H26N4O6S4.Na.H/c27-35(28,29)19-11-17(25-21(33)23-15-7-8-15)5-3-13(19)1-2-14-4-6-18(12-20(14)36(30,31)32)26-22(34)24-16-9-10-16;;/h3-6,11-12,15-16H,1-2,7-10H2,(H2,23,25,33)(H2,24,26,34)(H,27,28,29)(H,30,31,32);;/q;+1;-1. The summed E-state index contributed by atoms with van der Waals surface area (Å²) in [6.07, 6.45) is 4.23. The van der Waals surface area contributed by atoms with Crippen LogP contribution in [-0.4, -0.2) is 48.2 Å². The molecule has 37 heavy (non-hydrogen) atoms. The van der Waals surface area contributed by atoms with Crippen LogP contribution < -0.4 is 50.8 Å². The third-order valence-electron chi connectivity index (χ3n) is 5.69. The van der Waals surface area contributed by atoms with Crippen molar-refractivity contribution in [2.24, 2.45) is 0 Å². The van der Waals surface area contributed by atoms with Gasteiger partial charge in [-0.1, -0.05) is 12.1 Å². The van der Waals surface area contributed by atoms with Gasteiger partial charge in [-0.05, 0) is 98.4 Å². The minimum Gasteiger partial charge on any atom is -1.00 e. The first kappa shape index (κ1) is 30.2. The zero-order chi connectivity index (χ0) is 26.1. The summed E-state index contributed by atoms with van der Waals surface area (Å²) in [5.74, 6) is 0. The van der Waals surface area contributed by atoms with Crippen LogP contribution in [0.3, 0.4) is 0 Å². The molecule has 0 radical (unpaired) electrons. The van der Waals surface area contributed by atoms with Crippen LogP contribution in [0.1, 0.15) is 38.2 Å². The molecule has 6 N–H and O–H groups in total. The van der Waals surface area contributed by atoms with Crippen LogP contribution in [0.4, 0.5) is 11.4 Å². The minimum absolute atomic E-state index is 0. The van der Waals surface area contributed by atoms with Gasteiger partial charge in [0.05, 0.1) is 9.79 Å². The largest absolute Gasteiger partial charge is 1.00 e. The number of thiocarbonyl (C=S) groups is 2. The molecule has 0 aliphatic heterocycles. The molecule has 2 aliphatic rings. The molecule has 0 atom stereocenters. The van der Waals surface area contributed by atoms with Gasteiger partial charge in [0, 0.05) is 23.5 Å².